The fourth-order valence-corrected chi connectivity index (χ4v) is 1.30. The van der Waals surface area contributed by atoms with Gasteiger partial charge in [-0.1, -0.05) is 26.8 Å². The molecule has 0 aliphatic heterocycles. The molecule has 15 heavy (non-hydrogen) atoms. The van der Waals surface area contributed by atoms with Crippen LogP contribution in [0, 0.1) is 6.07 Å². The lowest BCUT2D eigenvalue weighted by Gasteiger charge is -2.24. The Kier molecular flexibility index (Phi) is 3.13. The van der Waals surface area contributed by atoms with Crippen LogP contribution in [0.15, 0.2) is 18.2 Å². The molecule has 0 unspecified atom stereocenters. The highest BCUT2D eigenvalue weighted by Gasteiger charge is 2.16. The second-order valence-corrected chi connectivity index (χ2v) is 5.92. The topological polar surface area (TPSA) is 9.23 Å². The number of ether oxygens (including phenoxy) is 1. The van der Waals surface area contributed by atoms with Gasteiger partial charge in [-0.25, -0.2) is 0 Å². The van der Waals surface area contributed by atoms with Crippen LogP contribution >= 0.6 is 0 Å². The second-order valence-electron chi connectivity index (χ2n) is 5.92. The summed E-state index contributed by atoms with van der Waals surface area (Å²) in [4.78, 5) is 0. The summed E-state index contributed by atoms with van der Waals surface area (Å²) in [5.74, 6) is 0.898. The van der Waals surface area contributed by atoms with Gasteiger partial charge in [-0.3, -0.25) is 0 Å². The summed E-state index contributed by atoms with van der Waals surface area (Å²) in [6, 6.07) is 9.15. The van der Waals surface area contributed by atoms with Crippen LogP contribution in [0.25, 0.3) is 0 Å². The molecule has 0 spiro atoms. The summed E-state index contributed by atoms with van der Waals surface area (Å²) in [6.45, 7) is 12.7. The molecule has 1 heteroatoms. The highest BCUT2D eigenvalue weighted by atomic mass is 16.5. The average Bonchev–Trinajstić information content (AvgIpc) is 1.99. The van der Waals surface area contributed by atoms with Crippen molar-refractivity contribution in [1.82, 2.24) is 0 Å². The van der Waals surface area contributed by atoms with Gasteiger partial charge in [0.2, 0.25) is 0 Å². The highest BCUT2D eigenvalue weighted by Crippen LogP contribution is 2.26. The molecular weight excluding hydrogens is 184 g/mol. The van der Waals surface area contributed by atoms with Crippen LogP contribution in [0.3, 0.4) is 0 Å². The lowest BCUT2D eigenvalue weighted by atomic mass is 9.87. The van der Waals surface area contributed by atoms with Gasteiger partial charge in [0.05, 0.1) is 0 Å². The van der Waals surface area contributed by atoms with Crippen molar-refractivity contribution in [2.45, 2.75) is 52.6 Å². The number of benzene rings is 1. The summed E-state index contributed by atoms with van der Waals surface area (Å²) in [6.07, 6.45) is 0. The van der Waals surface area contributed by atoms with Crippen LogP contribution in [0.5, 0.6) is 5.75 Å². The van der Waals surface area contributed by atoms with E-state index in [1.807, 2.05) is 12.1 Å². The first-order valence-electron chi connectivity index (χ1n) is 5.39. The molecule has 0 atom stereocenters. The molecule has 0 heterocycles. The number of hydrogen-bond donors (Lipinski definition) is 0. The fraction of sp³-hybridized carbons (Fsp3) is 0.571. The van der Waals surface area contributed by atoms with Crippen LogP contribution in [-0.2, 0) is 5.41 Å². The van der Waals surface area contributed by atoms with Crippen LogP contribution in [-0.4, -0.2) is 5.60 Å². The predicted octanol–water partition coefficient (Wildman–Crippen LogP) is 3.96. The minimum Gasteiger partial charge on any atom is -0.488 e. The van der Waals surface area contributed by atoms with Crippen LogP contribution in [0.4, 0.5) is 0 Å². The maximum atomic E-state index is 5.81. The van der Waals surface area contributed by atoms with Crippen molar-refractivity contribution in [3.63, 3.8) is 0 Å². The van der Waals surface area contributed by atoms with E-state index in [2.05, 4.69) is 53.7 Å². The molecule has 1 aromatic rings. The summed E-state index contributed by atoms with van der Waals surface area (Å²) in [5.41, 5.74) is 1.25. The molecule has 0 saturated carbocycles. The monoisotopic (exact) mass is 205 g/mol. The molecule has 1 rings (SSSR count). The zero-order valence-corrected chi connectivity index (χ0v) is 10.6. The molecule has 0 bridgehead atoms. The van der Waals surface area contributed by atoms with Gasteiger partial charge >= 0.3 is 0 Å². The lowest BCUT2D eigenvalue weighted by Crippen LogP contribution is -2.23. The summed E-state index contributed by atoms with van der Waals surface area (Å²) < 4.78 is 5.81. The van der Waals surface area contributed by atoms with E-state index < -0.39 is 0 Å². The van der Waals surface area contributed by atoms with Gasteiger partial charge in [-0.2, -0.15) is 0 Å². The quantitative estimate of drug-likeness (QED) is 0.674. The van der Waals surface area contributed by atoms with Crippen molar-refractivity contribution in [3.8, 4) is 5.75 Å². The molecule has 0 aliphatic carbocycles. The number of rotatable bonds is 1. The average molecular weight is 205 g/mol. The standard InChI is InChI=1S/C14H21O/c1-13(2,3)11-8-7-9-12(10-11)15-14(4,5)6/h8-10H,1-6H3. The van der Waals surface area contributed by atoms with Gasteiger partial charge < -0.3 is 4.74 Å². The van der Waals surface area contributed by atoms with Crippen LogP contribution < -0.4 is 4.74 Å². The zero-order chi connectivity index (χ0) is 11.7. The van der Waals surface area contributed by atoms with Crippen molar-refractivity contribution < 1.29 is 4.74 Å². The maximum absolute atomic E-state index is 5.81. The van der Waals surface area contributed by atoms with Crippen molar-refractivity contribution in [1.29, 1.82) is 0 Å². The third-order valence-corrected chi connectivity index (χ3v) is 2.05. The minimum absolute atomic E-state index is 0.147. The Balaban J connectivity index is 2.94. The molecule has 1 aromatic carbocycles. The molecule has 83 valence electrons. The first kappa shape index (κ1) is 12.1. The Morgan fingerprint density at radius 2 is 1.60 bits per heavy atom. The van der Waals surface area contributed by atoms with E-state index in [9.17, 15) is 0 Å². The van der Waals surface area contributed by atoms with Gasteiger partial charge in [0.25, 0.3) is 0 Å². The Labute approximate surface area is 93.5 Å². The Morgan fingerprint density at radius 1 is 1.00 bits per heavy atom. The normalized spacial score (nSPS) is 12.7. The molecular formula is C14H21O. The summed E-state index contributed by atoms with van der Waals surface area (Å²) in [7, 11) is 0. The molecule has 0 amide bonds. The molecule has 1 nitrogen and oxygen atoms in total. The summed E-state index contributed by atoms with van der Waals surface area (Å²) in [5, 5.41) is 0. The first-order chi connectivity index (χ1) is 6.68. The van der Waals surface area contributed by atoms with Crippen LogP contribution in [0.1, 0.15) is 47.1 Å². The van der Waals surface area contributed by atoms with E-state index in [1.165, 1.54) is 5.56 Å². The number of hydrogen-bond acceptors (Lipinski definition) is 1. The van der Waals surface area contributed by atoms with Crippen molar-refractivity contribution >= 4 is 0 Å². The van der Waals surface area contributed by atoms with E-state index in [0.29, 0.717) is 0 Å². The first-order valence-corrected chi connectivity index (χ1v) is 5.39. The Morgan fingerprint density at radius 3 is 2.07 bits per heavy atom. The van der Waals surface area contributed by atoms with Crippen molar-refractivity contribution in [2.24, 2.45) is 0 Å². The van der Waals surface area contributed by atoms with Gasteiger partial charge in [0, 0.05) is 0 Å². The highest BCUT2D eigenvalue weighted by molar-refractivity contribution is 5.32. The largest absolute Gasteiger partial charge is 0.488 e. The van der Waals surface area contributed by atoms with Gasteiger partial charge in [-0.15, -0.1) is 0 Å². The van der Waals surface area contributed by atoms with E-state index in [-0.39, 0.29) is 11.0 Å². The smallest absolute Gasteiger partial charge is 0.121 e. The van der Waals surface area contributed by atoms with Gasteiger partial charge in [0.1, 0.15) is 11.4 Å². The third-order valence-electron chi connectivity index (χ3n) is 2.05. The molecule has 0 aromatic heterocycles. The molecule has 0 aliphatic rings. The molecule has 0 N–H and O–H groups in total. The van der Waals surface area contributed by atoms with Gasteiger partial charge in [-0.05, 0) is 49.9 Å². The second kappa shape index (κ2) is 3.88. The van der Waals surface area contributed by atoms with E-state index in [1.54, 1.807) is 0 Å². The summed E-state index contributed by atoms with van der Waals surface area (Å²) >= 11 is 0. The van der Waals surface area contributed by atoms with Crippen molar-refractivity contribution in [3.05, 3.63) is 29.8 Å². The SMILES string of the molecule is CC(C)(C)Oc1c[c]cc(C(C)(C)C)c1. The van der Waals surface area contributed by atoms with E-state index in [4.69, 9.17) is 4.74 Å². The lowest BCUT2D eigenvalue weighted by molar-refractivity contribution is 0.130. The minimum atomic E-state index is -0.148. The molecule has 0 saturated heterocycles. The predicted molar refractivity (Wildman–Crippen MR) is 64.4 cm³/mol. The Hall–Kier alpha value is -0.980. The maximum Gasteiger partial charge on any atom is 0.121 e. The van der Waals surface area contributed by atoms with E-state index >= 15 is 0 Å². The fourth-order valence-electron chi connectivity index (χ4n) is 1.30. The molecule has 0 fully saturated rings. The third kappa shape index (κ3) is 3.94. The van der Waals surface area contributed by atoms with E-state index in [0.717, 1.165) is 5.75 Å². The van der Waals surface area contributed by atoms with Crippen molar-refractivity contribution in [2.75, 3.05) is 0 Å². The Bertz CT molecular complexity index is 326. The van der Waals surface area contributed by atoms with Crippen LogP contribution in [0.2, 0.25) is 0 Å². The molecule has 1 radical (unpaired) electrons. The van der Waals surface area contributed by atoms with Gasteiger partial charge in [0.15, 0.2) is 0 Å². The zero-order valence-electron chi connectivity index (χ0n) is 10.6.